The van der Waals surface area contributed by atoms with Gasteiger partial charge in [0.25, 0.3) is 5.91 Å². The summed E-state index contributed by atoms with van der Waals surface area (Å²) in [7, 11) is 0. The average Bonchev–Trinajstić information content (AvgIpc) is 3.26. The van der Waals surface area contributed by atoms with Crippen LogP contribution >= 0.6 is 23.2 Å². The van der Waals surface area contributed by atoms with Gasteiger partial charge in [-0.1, -0.05) is 35.3 Å². The Hall–Kier alpha value is -2.83. The van der Waals surface area contributed by atoms with Crippen LogP contribution < -0.4 is 5.32 Å². The van der Waals surface area contributed by atoms with E-state index in [2.05, 4.69) is 10.3 Å². The van der Waals surface area contributed by atoms with E-state index in [1.807, 2.05) is 24.3 Å². The SMILES string of the molecule is O=C(NCCC(=O)N(Cc1ccc(Cl)c(Cl)c1)Cc1ccccn1)c1ccco1. The number of pyridine rings is 1. The fraction of sp³-hybridized carbons (Fsp3) is 0.190. The Morgan fingerprint density at radius 1 is 1.03 bits per heavy atom. The molecule has 0 radical (unpaired) electrons. The van der Waals surface area contributed by atoms with Gasteiger partial charge in [0.2, 0.25) is 5.91 Å². The van der Waals surface area contributed by atoms with Crippen LogP contribution in [-0.2, 0) is 17.9 Å². The van der Waals surface area contributed by atoms with E-state index < -0.39 is 0 Å². The highest BCUT2D eigenvalue weighted by molar-refractivity contribution is 6.42. The van der Waals surface area contributed by atoms with Crippen LogP contribution in [0.1, 0.15) is 28.2 Å². The molecule has 0 aliphatic heterocycles. The van der Waals surface area contributed by atoms with Gasteiger partial charge in [0.15, 0.2) is 5.76 Å². The van der Waals surface area contributed by atoms with Crippen LogP contribution in [0, 0.1) is 0 Å². The predicted octanol–water partition coefficient (Wildman–Crippen LogP) is 4.33. The van der Waals surface area contributed by atoms with E-state index in [0.29, 0.717) is 23.1 Å². The number of furan rings is 1. The molecule has 150 valence electrons. The number of benzene rings is 1. The maximum Gasteiger partial charge on any atom is 0.286 e. The van der Waals surface area contributed by atoms with Crippen LogP contribution in [0.4, 0.5) is 0 Å². The summed E-state index contributed by atoms with van der Waals surface area (Å²) in [5.74, 6) is -0.274. The Balaban J connectivity index is 1.65. The smallest absolute Gasteiger partial charge is 0.286 e. The number of amides is 2. The van der Waals surface area contributed by atoms with E-state index in [9.17, 15) is 9.59 Å². The molecule has 1 N–H and O–H groups in total. The minimum absolute atomic E-state index is 0.124. The molecule has 2 amide bonds. The first-order valence-corrected chi connectivity index (χ1v) is 9.72. The van der Waals surface area contributed by atoms with Gasteiger partial charge in [-0.15, -0.1) is 0 Å². The summed E-state index contributed by atoms with van der Waals surface area (Å²) in [6, 6.07) is 14.0. The molecule has 0 atom stereocenters. The van der Waals surface area contributed by atoms with Crippen molar-refractivity contribution in [2.75, 3.05) is 6.54 Å². The van der Waals surface area contributed by atoms with Crippen LogP contribution in [0.25, 0.3) is 0 Å². The minimum atomic E-state index is -0.358. The number of nitrogens with zero attached hydrogens (tertiary/aromatic N) is 2. The molecule has 0 spiro atoms. The quantitative estimate of drug-likeness (QED) is 0.575. The van der Waals surface area contributed by atoms with Gasteiger partial charge in [0.05, 0.1) is 28.5 Å². The van der Waals surface area contributed by atoms with Crippen molar-refractivity contribution in [1.82, 2.24) is 15.2 Å². The molecular formula is C21H19Cl2N3O3. The monoisotopic (exact) mass is 431 g/mol. The van der Waals surface area contributed by atoms with Crippen molar-refractivity contribution in [3.05, 3.63) is 88.1 Å². The van der Waals surface area contributed by atoms with Crippen LogP contribution in [0.5, 0.6) is 0 Å². The molecule has 0 fully saturated rings. The second kappa shape index (κ2) is 10.1. The van der Waals surface area contributed by atoms with E-state index in [1.165, 1.54) is 6.26 Å². The molecule has 0 aliphatic rings. The molecule has 2 aromatic heterocycles. The lowest BCUT2D eigenvalue weighted by Crippen LogP contribution is -2.34. The number of carbonyl (C=O) groups is 2. The van der Waals surface area contributed by atoms with Crippen molar-refractivity contribution in [2.24, 2.45) is 0 Å². The lowest BCUT2D eigenvalue weighted by atomic mass is 10.2. The van der Waals surface area contributed by atoms with Crippen molar-refractivity contribution in [3.8, 4) is 0 Å². The fourth-order valence-corrected chi connectivity index (χ4v) is 3.03. The van der Waals surface area contributed by atoms with Gasteiger partial charge < -0.3 is 14.6 Å². The molecule has 0 saturated heterocycles. The van der Waals surface area contributed by atoms with Gasteiger partial charge in [0.1, 0.15) is 0 Å². The minimum Gasteiger partial charge on any atom is -0.459 e. The first-order valence-electron chi connectivity index (χ1n) is 8.96. The summed E-state index contributed by atoms with van der Waals surface area (Å²) >= 11 is 12.1. The lowest BCUT2D eigenvalue weighted by molar-refractivity contribution is -0.132. The largest absolute Gasteiger partial charge is 0.459 e. The van der Waals surface area contributed by atoms with E-state index in [0.717, 1.165) is 11.3 Å². The van der Waals surface area contributed by atoms with Crippen molar-refractivity contribution < 1.29 is 14.0 Å². The summed E-state index contributed by atoms with van der Waals surface area (Å²) in [6.45, 7) is 0.878. The van der Waals surface area contributed by atoms with E-state index in [-0.39, 0.29) is 30.5 Å². The third-order valence-electron chi connectivity index (χ3n) is 4.16. The summed E-state index contributed by atoms with van der Waals surface area (Å²) in [5.41, 5.74) is 1.61. The number of hydrogen-bond donors (Lipinski definition) is 1. The van der Waals surface area contributed by atoms with E-state index in [4.69, 9.17) is 27.6 Å². The summed E-state index contributed by atoms with van der Waals surface area (Å²) in [5, 5.41) is 3.57. The van der Waals surface area contributed by atoms with Gasteiger partial charge in [-0.25, -0.2) is 0 Å². The van der Waals surface area contributed by atoms with Crippen molar-refractivity contribution in [1.29, 1.82) is 0 Å². The third-order valence-corrected chi connectivity index (χ3v) is 4.90. The first-order chi connectivity index (χ1) is 14.0. The highest BCUT2D eigenvalue weighted by Gasteiger charge is 2.17. The molecule has 1 aromatic carbocycles. The zero-order valence-corrected chi connectivity index (χ0v) is 17.0. The van der Waals surface area contributed by atoms with Crippen LogP contribution in [0.3, 0.4) is 0 Å². The Morgan fingerprint density at radius 3 is 2.59 bits per heavy atom. The lowest BCUT2D eigenvalue weighted by Gasteiger charge is -2.23. The normalized spacial score (nSPS) is 10.6. The molecule has 0 unspecified atom stereocenters. The van der Waals surface area contributed by atoms with Gasteiger partial charge in [-0.05, 0) is 42.0 Å². The Bertz CT molecular complexity index is 963. The van der Waals surface area contributed by atoms with E-state index in [1.54, 1.807) is 35.4 Å². The van der Waals surface area contributed by atoms with Gasteiger partial charge in [-0.3, -0.25) is 14.6 Å². The number of halogens is 2. The van der Waals surface area contributed by atoms with Crippen LogP contribution in [0.15, 0.2) is 65.4 Å². The zero-order chi connectivity index (χ0) is 20.6. The summed E-state index contributed by atoms with van der Waals surface area (Å²) < 4.78 is 5.04. The molecule has 0 bridgehead atoms. The van der Waals surface area contributed by atoms with Crippen molar-refractivity contribution in [2.45, 2.75) is 19.5 Å². The number of aromatic nitrogens is 1. The molecule has 6 nitrogen and oxygen atoms in total. The third kappa shape index (κ3) is 6.07. The molecule has 0 saturated carbocycles. The first kappa shape index (κ1) is 20.9. The second-order valence-corrected chi connectivity index (χ2v) is 7.12. The molecule has 8 heteroatoms. The average molecular weight is 432 g/mol. The Labute approximate surface area is 178 Å². The molecule has 3 rings (SSSR count). The number of nitrogens with one attached hydrogen (secondary N) is 1. The maximum atomic E-state index is 12.8. The molecule has 29 heavy (non-hydrogen) atoms. The maximum absolute atomic E-state index is 12.8. The topological polar surface area (TPSA) is 75.4 Å². The molecule has 0 aliphatic carbocycles. The van der Waals surface area contributed by atoms with Gasteiger partial charge >= 0.3 is 0 Å². The molecular weight excluding hydrogens is 413 g/mol. The zero-order valence-electron chi connectivity index (χ0n) is 15.5. The van der Waals surface area contributed by atoms with Crippen LogP contribution in [0.2, 0.25) is 10.0 Å². The standard InChI is InChI=1S/C21H19Cl2N3O3/c22-17-7-6-15(12-18(17)23)13-26(14-16-4-1-2-9-24-16)20(27)8-10-25-21(28)19-5-3-11-29-19/h1-7,9,11-12H,8,10,13-14H2,(H,25,28). The highest BCUT2D eigenvalue weighted by Crippen LogP contribution is 2.23. The molecule has 3 aromatic rings. The number of rotatable bonds is 8. The van der Waals surface area contributed by atoms with Crippen molar-refractivity contribution >= 4 is 35.0 Å². The van der Waals surface area contributed by atoms with E-state index >= 15 is 0 Å². The predicted molar refractivity (Wildman–Crippen MR) is 111 cm³/mol. The Morgan fingerprint density at radius 2 is 1.90 bits per heavy atom. The van der Waals surface area contributed by atoms with Crippen molar-refractivity contribution in [3.63, 3.8) is 0 Å². The second-order valence-electron chi connectivity index (χ2n) is 6.30. The number of hydrogen-bond acceptors (Lipinski definition) is 4. The molecule has 2 heterocycles. The summed E-state index contributed by atoms with van der Waals surface area (Å²) in [4.78, 5) is 30.7. The number of carbonyl (C=O) groups excluding carboxylic acids is 2. The van der Waals surface area contributed by atoms with Gasteiger partial charge in [0, 0.05) is 25.7 Å². The Kier molecular flexibility index (Phi) is 7.27. The summed E-state index contributed by atoms with van der Waals surface area (Å²) in [6.07, 6.45) is 3.24. The van der Waals surface area contributed by atoms with Gasteiger partial charge in [-0.2, -0.15) is 0 Å². The highest BCUT2D eigenvalue weighted by atomic mass is 35.5. The fourth-order valence-electron chi connectivity index (χ4n) is 2.71. The van der Waals surface area contributed by atoms with Crippen LogP contribution in [-0.4, -0.2) is 28.2 Å².